The van der Waals surface area contributed by atoms with Gasteiger partial charge in [0.1, 0.15) is 0 Å². The number of rotatable bonds is 12. The van der Waals surface area contributed by atoms with Crippen molar-refractivity contribution in [2.75, 3.05) is 33.3 Å². The Morgan fingerprint density at radius 2 is 1.93 bits per heavy atom. The van der Waals surface area contributed by atoms with Crippen molar-refractivity contribution in [2.45, 2.75) is 46.1 Å². The number of guanidine groups is 1. The molecule has 1 rings (SSSR count). The summed E-state index contributed by atoms with van der Waals surface area (Å²) in [5, 5.41) is 15.6. The van der Waals surface area contributed by atoms with Crippen LogP contribution in [0.4, 0.5) is 0 Å². The van der Waals surface area contributed by atoms with Gasteiger partial charge in [0.2, 0.25) is 5.91 Å². The molecule has 0 aliphatic carbocycles. The lowest BCUT2D eigenvalue weighted by molar-refractivity contribution is -0.130. The highest BCUT2D eigenvalue weighted by Crippen LogP contribution is 2.11. The summed E-state index contributed by atoms with van der Waals surface area (Å²) in [5.41, 5.74) is 1.13. The maximum atomic E-state index is 12.3. The first kappa shape index (κ1) is 23.0. The molecule has 152 valence electrons. The number of amides is 1. The third-order valence-electron chi connectivity index (χ3n) is 4.41. The van der Waals surface area contributed by atoms with E-state index in [0.29, 0.717) is 32.0 Å². The Morgan fingerprint density at radius 1 is 1.19 bits per heavy atom. The molecular formula is C21H36N4O2. The molecule has 0 aliphatic rings. The summed E-state index contributed by atoms with van der Waals surface area (Å²) in [6.07, 6.45) is 3.35. The summed E-state index contributed by atoms with van der Waals surface area (Å²) in [5.74, 6) is 1.23. The molecule has 27 heavy (non-hydrogen) atoms. The van der Waals surface area contributed by atoms with E-state index in [0.717, 1.165) is 37.3 Å². The fourth-order valence-corrected chi connectivity index (χ4v) is 2.90. The van der Waals surface area contributed by atoms with Gasteiger partial charge in [-0.3, -0.25) is 9.79 Å². The maximum Gasteiger partial charge on any atom is 0.224 e. The molecule has 0 fully saturated rings. The van der Waals surface area contributed by atoms with Gasteiger partial charge >= 0.3 is 0 Å². The van der Waals surface area contributed by atoms with E-state index >= 15 is 0 Å². The average molecular weight is 377 g/mol. The molecule has 1 amide bonds. The van der Waals surface area contributed by atoms with Crippen LogP contribution in [0.25, 0.3) is 0 Å². The number of aliphatic hydroxyl groups is 1. The summed E-state index contributed by atoms with van der Waals surface area (Å²) < 4.78 is 0. The minimum atomic E-state index is 0.103. The highest BCUT2D eigenvalue weighted by molar-refractivity contribution is 5.81. The van der Waals surface area contributed by atoms with Crippen LogP contribution >= 0.6 is 0 Å². The lowest BCUT2D eigenvalue weighted by Gasteiger charge is -2.18. The summed E-state index contributed by atoms with van der Waals surface area (Å²) in [6, 6.07) is 9.99. The second kappa shape index (κ2) is 14.0. The molecule has 0 aromatic heterocycles. The van der Waals surface area contributed by atoms with Gasteiger partial charge in [-0.05, 0) is 31.2 Å². The van der Waals surface area contributed by atoms with Gasteiger partial charge in [-0.15, -0.1) is 0 Å². The van der Waals surface area contributed by atoms with Crippen LogP contribution in [-0.2, 0) is 11.3 Å². The fourth-order valence-electron chi connectivity index (χ4n) is 2.90. The minimum Gasteiger partial charge on any atom is -0.396 e. The zero-order chi connectivity index (χ0) is 19.9. The second-order valence-electron chi connectivity index (χ2n) is 6.80. The van der Waals surface area contributed by atoms with E-state index in [9.17, 15) is 9.90 Å². The SMILES string of the molecule is CCCC(CCO)CN=C(NCC)NCCC(=O)N(C)Cc1ccccc1. The first-order chi connectivity index (χ1) is 13.1. The van der Waals surface area contributed by atoms with E-state index < -0.39 is 0 Å². The number of aliphatic imine (C=N–C) groups is 1. The second-order valence-corrected chi connectivity index (χ2v) is 6.80. The van der Waals surface area contributed by atoms with Gasteiger partial charge in [-0.1, -0.05) is 43.7 Å². The van der Waals surface area contributed by atoms with Gasteiger partial charge in [0, 0.05) is 46.3 Å². The van der Waals surface area contributed by atoms with Crippen molar-refractivity contribution in [3.63, 3.8) is 0 Å². The Bertz CT molecular complexity index is 542. The number of hydrogen-bond donors (Lipinski definition) is 3. The molecule has 0 aliphatic heterocycles. The molecule has 1 aromatic rings. The highest BCUT2D eigenvalue weighted by Gasteiger charge is 2.10. The van der Waals surface area contributed by atoms with E-state index in [1.54, 1.807) is 4.90 Å². The Balaban J connectivity index is 2.44. The van der Waals surface area contributed by atoms with Crippen LogP contribution in [0.15, 0.2) is 35.3 Å². The first-order valence-electron chi connectivity index (χ1n) is 10.0. The van der Waals surface area contributed by atoms with Crippen LogP contribution < -0.4 is 10.6 Å². The predicted molar refractivity (Wildman–Crippen MR) is 112 cm³/mol. The number of carbonyl (C=O) groups excluding carboxylic acids is 1. The lowest BCUT2D eigenvalue weighted by Crippen LogP contribution is -2.39. The fraction of sp³-hybridized carbons (Fsp3) is 0.619. The molecule has 0 heterocycles. The third-order valence-corrected chi connectivity index (χ3v) is 4.41. The first-order valence-corrected chi connectivity index (χ1v) is 10.0. The quantitative estimate of drug-likeness (QED) is 0.387. The Kier molecular flexibility index (Phi) is 11.9. The van der Waals surface area contributed by atoms with Crippen LogP contribution in [0.1, 0.15) is 45.1 Å². The van der Waals surface area contributed by atoms with Crippen LogP contribution in [-0.4, -0.2) is 55.2 Å². The largest absolute Gasteiger partial charge is 0.396 e. The van der Waals surface area contributed by atoms with E-state index in [-0.39, 0.29) is 12.5 Å². The standard InChI is InChI=1S/C21H36N4O2/c1-4-9-18(13-15-26)16-24-21(22-5-2)23-14-12-20(27)25(3)17-19-10-7-6-8-11-19/h6-8,10-11,18,26H,4-5,9,12-17H2,1-3H3,(H2,22,23,24). The Hall–Kier alpha value is -2.08. The molecule has 6 heteroatoms. The monoisotopic (exact) mass is 376 g/mol. The average Bonchev–Trinajstić information content (AvgIpc) is 2.67. The molecule has 0 radical (unpaired) electrons. The van der Waals surface area contributed by atoms with Crippen LogP contribution in [0.5, 0.6) is 0 Å². The number of carbonyl (C=O) groups is 1. The maximum absolute atomic E-state index is 12.3. The summed E-state index contributed by atoms with van der Waals surface area (Å²) in [6.45, 7) is 6.99. The Morgan fingerprint density at radius 3 is 2.56 bits per heavy atom. The van der Waals surface area contributed by atoms with E-state index in [1.807, 2.05) is 44.3 Å². The van der Waals surface area contributed by atoms with Crippen molar-refractivity contribution in [3.8, 4) is 0 Å². The van der Waals surface area contributed by atoms with Crippen LogP contribution in [0.2, 0.25) is 0 Å². The number of aliphatic hydroxyl groups excluding tert-OH is 1. The summed E-state index contributed by atoms with van der Waals surface area (Å²) >= 11 is 0. The van der Waals surface area contributed by atoms with Crippen LogP contribution in [0.3, 0.4) is 0 Å². The molecule has 1 unspecified atom stereocenters. The van der Waals surface area contributed by atoms with Crippen LogP contribution in [0, 0.1) is 5.92 Å². The molecule has 0 saturated heterocycles. The molecule has 1 aromatic carbocycles. The van der Waals surface area contributed by atoms with Crippen molar-refractivity contribution < 1.29 is 9.90 Å². The third kappa shape index (κ3) is 9.99. The van der Waals surface area contributed by atoms with E-state index in [1.165, 1.54) is 0 Å². The Labute approximate surface area is 164 Å². The number of benzene rings is 1. The van der Waals surface area contributed by atoms with Gasteiger partial charge in [0.25, 0.3) is 0 Å². The number of nitrogens with zero attached hydrogens (tertiary/aromatic N) is 2. The number of hydrogen-bond acceptors (Lipinski definition) is 3. The van der Waals surface area contributed by atoms with Gasteiger partial charge in [0.05, 0.1) is 0 Å². The zero-order valence-electron chi connectivity index (χ0n) is 17.1. The molecule has 0 spiro atoms. The molecule has 0 bridgehead atoms. The topological polar surface area (TPSA) is 77.0 Å². The summed E-state index contributed by atoms with van der Waals surface area (Å²) in [4.78, 5) is 18.7. The minimum absolute atomic E-state index is 0.103. The highest BCUT2D eigenvalue weighted by atomic mass is 16.3. The van der Waals surface area contributed by atoms with Crippen molar-refractivity contribution in [1.82, 2.24) is 15.5 Å². The molecule has 1 atom stereocenters. The van der Waals surface area contributed by atoms with E-state index in [2.05, 4.69) is 22.5 Å². The van der Waals surface area contributed by atoms with Gasteiger partial charge in [0.15, 0.2) is 5.96 Å². The lowest BCUT2D eigenvalue weighted by atomic mass is 10.0. The van der Waals surface area contributed by atoms with Crippen molar-refractivity contribution in [3.05, 3.63) is 35.9 Å². The zero-order valence-corrected chi connectivity index (χ0v) is 17.1. The van der Waals surface area contributed by atoms with E-state index in [4.69, 9.17) is 0 Å². The van der Waals surface area contributed by atoms with Crippen molar-refractivity contribution in [2.24, 2.45) is 10.9 Å². The van der Waals surface area contributed by atoms with Gasteiger partial charge in [-0.2, -0.15) is 0 Å². The molecular weight excluding hydrogens is 340 g/mol. The van der Waals surface area contributed by atoms with Gasteiger partial charge in [-0.25, -0.2) is 0 Å². The van der Waals surface area contributed by atoms with Crippen molar-refractivity contribution in [1.29, 1.82) is 0 Å². The smallest absolute Gasteiger partial charge is 0.224 e. The summed E-state index contributed by atoms with van der Waals surface area (Å²) in [7, 11) is 1.83. The molecule has 0 saturated carbocycles. The number of nitrogens with one attached hydrogen (secondary N) is 2. The normalized spacial score (nSPS) is 12.5. The predicted octanol–water partition coefficient (Wildman–Crippen LogP) is 2.39. The molecule has 6 nitrogen and oxygen atoms in total. The van der Waals surface area contributed by atoms with Crippen molar-refractivity contribution >= 4 is 11.9 Å². The van der Waals surface area contributed by atoms with Gasteiger partial charge < -0.3 is 20.6 Å². The molecule has 3 N–H and O–H groups in total.